The van der Waals surface area contributed by atoms with Crippen LogP contribution in [0.3, 0.4) is 0 Å². The van der Waals surface area contributed by atoms with Crippen molar-refractivity contribution >= 4 is 5.91 Å². The van der Waals surface area contributed by atoms with Crippen molar-refractivity contribution in [2.45, 2.75) is 39.7 Å². The third-order valence-electron chi connectivity index (χ3n) is 3.91. The Morgan fingerprint density at radius 2 is 2.24 bits per heavy atom. The van der Waals surface area contributed by atoms with Crippen molar-refractivity contribution in [3.63, 3.8) is 0 Å². The van der Waals surface area contributed by atoms with E-state index in [-0.39, 0.29) is 11.9 Å². The molecule has 0 unspecified atom stereocenters. The highest BCUT2D eigenvalue weighted by Gasteiger charge is 2.18. The Morgan fingerprint density at radius 1 is 1.48 bits per heavy atom. The third-order valence-corrected chi connectivity index (χ3v) is 3.91. The second-order valence-corrected chi connectivity index (χ2v) is 5.46. The van der Waals surface area contributed by atoms with Crippen LogP contribution in [0.1, 0.15) is 36.3 Å². The van der Waals surface area contributed by atoms with Crippen LogP contribution in [0.2, 0.25) is 0 Å². The Morgan fingerprint density at radius 3 is 2.81 bits per heavy atom. The van der Waals surface area contributed by atoms with Gasteiger partial charge in [-0.15, -0.1) is 0 Å². The number of aryl methyl sites for hydroxylation is 2. The summed E-state index contributed by atoms with van der Waals surface area (Å²) in [5, 5.41) is 7.19. The molecule has 1 atom stereocenters. The van der Waals surface area contributed by atoms with Gasteiger partial charge in [0.05, 0.1) is 12.0 Å². The van der Waals surface area contributed by atoms with E-state index < -0.39 is 0 Å². The molecular formula is C15H23N5O. The van der Waals surface area contributed by atoms with Gasteiger partial charge < -0.3 is 9.47 Å². The Hall–Kier alpha value is -2.11. The number of amides is 1. The molecule has 0 bridgehead atoms. The minimum atomic E-state index is -0.213. The van der Waals surface area contributed by atoms with E-state index in [1.807, 2.05) is 38.6 Å². The lowest BCUT2D eigenvalue weighted by Crippen LogP contribution is -2.33. The number of aromatic nitrogens is 4. The molecule has 2 aromatic heterocycles. The fourth-order valence-corrected chi connectivity index (χ4v) is 2.49. The van der Waals surface area contributed by atoms with E-state index in [2.05, 4.69) is 15.2 Å². The molecule has 0 aliphatic carbocycles. The smallest absolute Gasteiger partial charge is 0.245 e. The number of imidazole rings is 1. The molecule has 0 radical (unpaired) electrons. The summed E-state index contributed by atoms with van der Waals surface area (Å²) in [6, 6.07) is -0.213. The fourth-order valence-electron chi connectivity index (χ4n) is 2.49. The van der Waals surface area contributed by atoms with Crippen molar-refractivity contribution < 1.29 is 4.79 Å². The van der Waals surface area contributed by atoms with Gasteiger partial charge in [-0.3, -0.25) is 9.89 Å². The molecule has 6 nitrogen and oxygen atoms in total. The molecule has 0 fully saturated rings. The van der Waals surface area contributed by atoms with E-state index in [0.29, 0.717) is 0 Å². The molecule has 0 aliphatic heterocycles. The van der Waals surface area contributed by atoms with Crippen molar-refractivity contribution in [1.82, 2.24) is 24.6 Å². The van der Waals surface area contributed by atoms with E-state index >= 15 is 0 Å². The molecule has 0 saturated heterocycles. The highest BCUT2D eigenvalue weighted by Crippen LogP contribution is 2.13. The molecule has 6 heteroatoms. The average Bonchev–Trinajstić information content (AvgIpc) is 3.10. The number of hydrogen-bond acceptors (Lipinski definition) is 3. The number of rotatable bonds is 6. The third kappa shape index (κ3) is 3.51. The van der Waals surface area contributed by atoms with Gasteiger partial charge in [-0.25, -0.2) is 4.98 Å². The summed E-state index contributed by atoms with van der Waals surface area (Å²) in [6.07, 6.45) is 7.04. The molecule has 0 aliphatic rings. The quantitative estimate of drug-likeness (QED) is 0.883. The average molecular weight is 289 g/mol. The predicted octanol–water partition coefficient (Wildman–Crippen LogP) is 1.88. The van der Waals surface area contributed by atoms with Crippen molar-refractivity contribution in [2.24, 2.45) is 0 Å². The zero-order valence-corrected chi connectivity index (χ0v) is 13.1. The molecule has 0 spiro atoms. The van der Waals surface area contributed by atoms with Crippen molar-refractivity contribution in [3.05, 3.63) is 35.7 Å². The zero-order valence-electron chi connectivity index (χ0n) is 13.1. The normalized spacial score (nSPS) is 12.4. The minimum absolute atomic E-state index is 0.105. The second kappa shape index (κ2) is 6.56. The van der Waals surface area contributed by atoms with Crippen LogP contribution in [0.15, 0.2) is 18.7 Å². The van der Waals surface area contributed by atoms with Gasteiger partial charge in [0.25, 0.3) is 0 Å². The van der Waals surface area contributed by atoms with Crippen LogP contribution < -0.4 is 0 Å². The number of aromatic amines is 1. The summed E-state index contributed by atoms with van der Waals surface area (Å²) in [5.41, 5.74) is 3.43. The number of nitrogens with zero attached hydrogens (tertiary/aromatic N) is 4. The summed E-state index contributed by atoms with van der Waals surface area (Å²) in [6.45, 7) is 6.67. The van der Waals surface area contributed by atoms with E-state index in [4.69, 9.17) is 0 Å². The lowest BCUT2D eigenvalue weighted by Gasteiger charge is -2.22. The summed E-state index contributed by atoms with van der Waals surface area (Å²) in [7, 11) is 1.85. The zero-order chi connectivity index (χ0) is 15.4. The standard InChI is InChI=1S/C15H23N5O/c1-11-14(12(2)18-17-11)6-5-8-19(4)15(21)13(3)20-9-7-16-10-20/h7,9-10,13H,5-6,8H2,1-4H3,(H,17,18)/t13-/m0/s1. The van der Waals surface area contributed by atoms with Crippen LogP contribution in [0.25, 0.3) is 0 Å². The molecule has 1 N–H and O–H groups in total. The topological polar surface area (TPSA) is 66.8 Å². The van der Waals surface area contributed by atoms with Crippen molar-refractivity contribution in [1.29, 1.82) is 0 Å². The van der Waals surface area contributed by atoms with Crippen LogP contribution in [0.4, 0.5) is 0 Å². The summed E-state index contributed by atoms with van der Waals surface area (Å²) >= 11 is 0. The van der Waals surface area contributed by atoms with Gasteiger partial charge in [0.2, 0.25) is 5.91 Å². The lowest BCUT2D eigenvalue weighted by molar-refractivity contribution is -0.133. The summed E-state index contributed by atoms with van der Waals surface area (Å²) < 4.78 is 1.82. The molecule has 114 valence electrons. The molecule has 0 aromatic carbocycles. The van der Waals surface area contributed by atoms with Gasteiger partial charge >= 0.3 is 0 Å². The maximum Gasteiger partial charge on any atom is 0.245 e. The summed E-state index contributed by atoms with van der Waals surface area (Å²) in [5.74, 6) is 0.105. The van der Waals surface area contributed by atoms with E-state index in [0.717, 1.165) is 30.8 Å². The Kier molecular flexibility index (Phi) is 4.77. The number of nitrogens with one attached hydrogen (secondary N) is 1. The van der Waals surface area contributed by atoms with Crippen molar-refractivity contribution in [3.8, 4) is 0 Å². The molecule has 2 heterocycles. The maximum atomic E-state index is 12.3. The lowest BCUT2D eigenvalue weighted by atomic mass is 10.1. The van der Waals surface area contributed by atoms with Crippen molar-refractivity contribution in [2.75, 3.05) is 13.6 Å². The first-order valence-corrected chi connectivity index (χ1v) is 7.23. The van der Waals surface area contributed by atoms with E-state index in [1.165, 1.54) is 5.56 Å². The first-order chi connectivity index (χ1) is 10.0. The van der Waals surface area contributed by atoms with Gasteiger partial charge in [-0.2, -0.15) is 5.10 Å². The predicted molar refractivity (Wildman–Crippen MR) is 81.0 cm³/mol. The molecule has 0 saturated carbocycles. The molecule has 21 heavy (non-hydrogen) atoms. The Balaban J connectivity index is 1.84. The fraction of sp³-hybridized carbons (Fsp3) is 0.533. The highest BCUT2D eigenvalue weighted by atomic mass is 16.2. The second-order valence-electron chi connectivity index (χ2n) is 5.46. The first-order valence-electron chi connectivity index (χ1n) is 7.23. The number of carbonyl (C=O) groups is 1. The van der Waals surface area contributed by atoms with Crippen LogP contribution >= 0.6 is 0 Å². The number of likely N-dealkylation sites (N-methyl/N-ethyl adjacent to an activating group) is 1. The van der Waals surface area contributed by atoms with Crippen LogP contribution in [0.5, 0.6) is 0 Å². The Bertz CT molecular complexity index is 568. The summed E-state index contributed by atoms with van der Waals surface area (Å²) in [4.78, 5) is 18.1. The van der Waals surface area contributed by atoms with Gasteiger partial charge in [0, 0.05) is 31.7 Å². The molecular weight excluding hydrogens is 266 g/mol. The maximum absolute atomic E-state index is 12.3. The van der Waals surface area contributed by atoms with Gasteiger partial charge in [-0.05, 0) is 39.2 Å². The minimum Gasteiger partial charge on any atom is -0.344 e. The SMILES string of the molecule is Cc1n[nH]c(C)c1CCCN(C)C(=O)[C@H](C)n1ccnc1. The molecule has 2 aromatic rings. The molecule has 2 rings (SSSR count). The largest absolute Gasteiger partial charge is 0.344 e. The monoisotopic (exact) mass is 289 g/mol. The molecule has 1 amide bonds. The van der Waals surface area contributed by atoms with Crippen LogP contribution in [-0.4, -0.2) is 44.1 Å². The van der Waals surface area contributed by atoms with Crippen LogP contribution in [-0.2, 0) is 11.2 Å². The first kappa shape index (κ1) is 15.3. The van der Waals surface area contributed by atoms with E-state index in [1.54, 1.807) is 17.4 Å². The van der Waals surface area contributed by atoms with Gasteiger partial charge in [-0.1, -0.05) is 0 Å². The number of H-pyrrole nitrogens is 1. The van der Waals surface area contributed by atoms with Gasteiger partial charge in [0.1, 0.15) is 6.04 Å². The number of hydrogen-bond donors (Lipinski definition) is 1. The van der Waals surface area contributed by atoms with Gasteiger partial charge in [0.15, 0.2) is 0 Å². The van der Waals surface area contributed by atoms with E-state index in [9.17, 15) is 4.79 Å². The Labute approximate surface area is 125 Å². The van der Waals surface area contributed by atoms with Crippen LogP contribution in [0, 0.1) is 13.8 Å². The highest BCUT2D eigenvalue weighted by molar-refractivity contribution is 5.79. The number of carbonyl (C=O) groups excluding carboxylic acids is 1.